The summed E-state index contributed by atoms with van der Waals surface area (Å²) in [6.07, 6.45) is 0.436. The van der Waals surface area contributed by atoms with Crippen molar-refractivity contribution in [3.8, 4) is 0 Å². The SMILES string of the molecule is Cc1ccccc1CC(=O)N1CCN(C(C)C(=O)Nc2cccc(Br)c2)CC1. The van der Waals surface area contributed by atoms with Gasteiger partial charge in [-0.05, 0) is 43.2 Å². The number of piperazine rings is 1. The number of anilines is 1. The van der Waals surface area contributed by atoms with E-state index in [-0.39, 0.29) is 17.9 Å². The molecule has 2 aromatic rings. The Labute approximate surface area is 174 Å². The highest BCUT2D eigenvalue weighted by molar-refractivity contribution is 9.10. The quantitative estimate of drug-likeness (QED) is 0.769. The first kappa shape index (κ1) is 20.6. The second kappa shape index (κ2) is 9.34. The predicted octanol–water partition coefficient (Wildman–Crippen LogP) is 3.47. The van der Waals surface area contributed by atoms with Crippen LogP contribution in [0.2, 0.25) is 0 Å². The first-order valence-corrected chi connectivity index (χ1v) is 10.4. The summed E-state index contributed by atoms with van der Waals surface area (Å²) in [6, 6.07) is 15.3. The van der Waals surface area contributed by atoms with Gasteiger partial charge in [0.25, 0.3) is 0 Å². The Morgan fingerprint density at radius 3 is 2.46 bits per heavy atom. The summed E-state index contributed by atoms with van der Waals surface area (Å²) >= 11 is 3.41. The number of amides is 2. The molecule has 2 aromatic carbocycles. The molecule has 1 heterocycles. The molecule has 1 atom stereocenters. The molecule has 6 heteroatoms. The van der Waals surface area contributed by atoms with Crippen molar-refractivity contribution >= 4 is 33.4 Å². The molecule has 28 heavy (non-hydrogen) atoms. The van der Waals surface area contributed by atoms with E-state index in [0.717, 1.165) is 21.3 Å². The van der Waals surface area contributed by atoms with E-state index in [1.54, 1.807) is 0 Å². The van der Waals surface area contributed by atoms with Gasteiger partial charge in [-0.1, -0.05) is 46.3 Å². The fraction of sp³-hybridized carbons (Fsp3) is 0.364. The van der Waals surface area contributed by atoms with Gasteiger partial charge in [0.2, 0.25) is 11.8 Å². The van der Waals surface area contributed by atoms with Crippen molar-refractivity contribution in [1.82, 2.24) is 9.80 Å². The molecule has 1 aliphatic heterocycles. The topological polar surface area (TPSA) is 52.7 Å². The average Bonchev–Trinajstić information content (AvgIpc) is 2.69. The van der Waals surface area contributed by atoms with Gasteiger partial charge in [-0.25, -0.2) is 0 Å². The molecule has 1 unspecified atom stereocenters. The van der Waals surface area contributed by atoms with Crippen molar-refractivity contribution in [2.24, 2.45) is 0 Å². The van der Waals surface area contributed by atoms with E-state index in [0.29, 0.717) is 32.6 Å². The second-order valence-electron chi connectivity index (χ2n) is 7.20. The van der Waals surface area contributed by atoms with Gasteiger partial charge in [0.1, 0.15) is 0 Å². The minimum Gasteiger partial charge on any atom is -0.340 e. The van der Waals surface area contributed by atoms with Crippen molar-refractivity contribution in [3.63, 3.8) is 0 Å². The van der Waals surface area contributed by atoms with E-state index in [2.05, 4.69) is 26.1 Å². The lowest BCUT2D eigenvalue weighted by molar-refractivity contribution is -0.133. The maximum Gasteiger partial charge on any atom is 0.241 e. The van der Waals surface area contributed by atoms with E-state index in [1.165, 1.54) is 0 Å². The summed E-state index contributed by atoms with van der Waals surface area (Å²) in [5.41, 5.74) is 3.00. The maximum atomic E-state index is 12.6. The zero-order chi connectivity index (χ0) is 20.1. The lowest BCUT2D eigenvalue weighted by atomic mass is 10.1. The lowest BCUT2D eigenvalue weighted by Crippen LogP contribution is -2.54. The molecule has 1 fully saturated rings. The molecule has 0 aromatic heterocycles. The van der Waals surface area contributed by atoms with Gasteiger partial charge in [-0.2, -0.15) is 0 Å². The third-order valence-electron chi connectivity index (χ3n) is 5.29. The Morgan fingerprint density at radius 2 is 1.79 bits per heavy atom. The summed E-state index contributed by atoms with van der Waals surface area (Å²) < 4.78 is 0.929. The molecule has 2 amide bonds. The fourth-order valence-electron chi connectivity index (χ4n) is 3.42. The number of benzene rings is 2. The van der Waals surface area contributed by atoms with Crippen molar-refractivity contribution < 1.29 is 9.59 Å². The van der Waals surface area contributed by atoms with Crippen LogP contribution < -0.4 is 5.32 Å². The number of carbonyl (C=O) groups excluding carboxylic acids is 2. The van der Waals surface area contributed by atoms with E-state index in [9.17, 15) is 9.59 Å². The number of carbonyl (C=O) groups is 2. The molecule has 1 N–H and O–H groups in total. The molecule has 0 radical (unpaired) electrons. The van der Waals surface area contributed by atoms with Crippen molar-refractivity contribution in [2.45, 2.75) is 26.3 Å². The van der Waals surface area contributed by atoms with E-state index in [4.69, 9.17) is 0 Å². The Balaban J connectivity index is 1.50. The number of halogens is 1. The first-order chi connectivity index (χ1) is 13.4. The second-order valence-corrected chi connectivity index (χ2v) is 8.11. The number of nitrogens with zero attached hydrogens (tertiary/aromatic N) is 2. The van der Waals surface area contributed by atoms with E-state index < -0.39 is 0 Å². The van der Waals surface area contributed by atoms with Crippen LogP contribution in [0.1, 0.15) is 18.1 Å². The summed E-state index contributed by atoms with van der Waals surface area (Å²) in [7, 11) is 0. The summed E-state index contributed by atoms with van der Waals surface area (Å²) in [5, 5.41) is 2.96. The zero-order valence-electron chi connectivity index (χ0n) is 16.3. The molecule has 3 rings (SSSR count). The zero-order valence-corrected chi connectivity index (χ0v) is 17.9. The number of rotatable bonds is 5. The summed E-state index contributed by atoms with van der Waals surface area (Å²) in [5.74, 6) is 0.123. The van der Waals surface area contributed by atoms with Gasteiger partial charge < -0.3 is 10.2 Å². The van der Waals surface area contributed by atoms with Crippen LogP contribution in [-0.4, -0.2) is 53.8 Å². The van der Waals surface area contributed by atoms with Crippen molar-refractivity contribution in [1.29, 1.82) is 0 Å². The molecule has 1 aliphatic rings. The van der Waals surface area contributed by atoms with Crippen LogP contribution in [0.5, 0.6) is 0 Å². The summed E-state index contributed by atoms with van der Waals surface area (Å²) in [6.45, 7) is 6.65. The van der Waals surface area contributed by atoms with Gasteiger partial charge in [-0.3, -0.25) is 14.5 Å². The third kappa shape index (κ3) is 5.20. The van der Waals surface area contributed by atoms with Crippen molar-refractivity contribution in [2.75, 3.05) is 31.5 Å². The van der Waals surface area contributed by atoms with Crippen LogP contribution in [0, 0.1) is 6.92 Å². The van der Waals surface area contributed by atoms with Gasteiger partial charge in [0.05, 0.1) is 12.5 Å². The minimum absolute atomic E-state index is 0.0298. The number of hydrogen-bond donors (Lipinski definition) is 1. The smallest absolute Gasteiger partial charge is 0.241 e. The van der Waals surface area contributed by atoms with Crippen molar-refractivity contribution in [3.05, 3.63) is 64.1 Å². The lowest BCUT2D eigenvalue weighted by Gasteiger charge is -2.37. The largest absolute Gasteiger partial charge is 0.340 e. The predicted molar refractivity (Wildman–Crippen MR) is 115 cm³/mol. The Morgan fingerprint density at radius 1 is 1.07 bits per heavy atom. The molecule has 0 bridgehead atoms. The average molecular weight is 444 g/mol. The Hall–Kier alpha value is -2.18. The highest BCUT2D eigenvalue weighted by atomic mass is 79.9. The van der Waals surface area contributed by atoms with E-state index in [1.807, 2.05) is 67.3 Å². The molecule has 5 nitrogen and oxygen atoms in total. The highest BCUT2D eigenvalue weighted by Crippen LogP contribution is 2.17. The highest BCUT2D eigenvalue weighted by Gasteiger charge is 2.27. The van der Waals surface area contributed by atoms with Crippen LogP contribution in [0.3, 0.4) is 0 Å². The van der Waals surface area contributed by atoms with Crippen LogP contribution >= 0.6 is 15.9 Å². The van der Waals surface area contributed by atoms with Gasteiger partial charge in [-0.15, -0.1) is 0 Å². The van der Waals surface area contributed by atoms with Crippen LogP contribution in [-0.2, 0) is 16.0 Å². The number of hydrogen-bond acceptors (Lipinski definition) is 3. The summed E-state index contributed by atoms with van der Waals surface area (Å²) in [4.78, 5) is 29.2. The Kier molecular flexibility index (Phi) is 6.86. The van der Waals surface area contributed by atoms with Gasteiger partial charge >= 0.3 is 0 Å². The van der Waals surface area contributed by atoms with Gasteiger partial charge in [0, 0.05) is 36.3 Å². The standard InChI is InChI=1S/C22H26BrN3O2/c1-16-6-3-4-7-18(16)14-21(27)26-12-10-25(11-13-26)17(2)22(28)24-20-9-5-8-19(23)15-20/h3-9,15,17H,10-14H2,1-2H3,(H,24,28). The van der Waals surface area contributed by atoms with Crippen LogP contribution in [0.25, 0.3) is 0 Å². The number of aryl methyl sites for hydroxylation is 1. The molecular weight excluding hydrogens is 418 g/mol. The third-order valence-corrected chi connectivity index (χ3v) is 5.78. The molecule has 0 saturated carbocycles. The monoisotopic (exact) mass is 443 g/mol. The minimum atomic E-state index is -0.243. The van der Waals surface area contributed by atoms with Gasteiger partial charge in [0.15, 0.2) is 0 Å². The molecule has 1 saturated heterocycles. The molecule has 0 spiro atoms. The molecule has 148 valence electrons. The van der Waals surface area contributed by atoms with Crippen LogP contribution in [0.15, 0.2) is 53.0 Å². The first-order valence-electron chi connectivity index (χ1n) is 9.57. The molecule has 0 aliphatic carbocycles. The normalized spacial score (nSPS) is 15.9. The maximum absolute atomic E-state index is 12.6. The van der Waals surface area contributed by atoms with Crippen LogP contribution in [0.4, 0.5) is 5.69 Å². The molecular formula is C22H26BrN3O2. The van der Waals surface area contributed by atoms with E-state index >= 15 is 0 Å². The number of nitrogens with one attached hydrogen (secondary N) is 1. The Bertz CT molecular complexity index is 847. The fourth-order valence-corrected chi connectivity index (χ4v) is 3.82.